The van der Waals surface area contributed by atoms with Gasteiger partial charge in [0.25, 0.3) is 0 Å². The van der Waals surface area contributed by atoms with Gasteiger partial charge in [-0.25, -0.2) is 9.98 Å². The van der Waals surface area contributed by atoms with Crippen LogP contribution in [0, 0.1) is 0 Å². The first kappa shape index (κ1) is 22.3. The fourth-order valence-corrected chi connectivity index (χ4v) is 3.59. The molecular weight excluding hydrogens is 370 g/mol. The third kappa shape index (κ3) is 6.89. The Morgan fingerprint density at radius 2 is 1.86 bits per heavy atom. The summed E-state index contributed by atoms with van der Waals surface area (Å²) in [6, 6.07) is 8.67. The maximum atomic E-state index is 5.35. The highest BCUT2D eigenvalue weighted by atomic mass is 32.1. The lowest BCUT2D eigenvalue weighted by Gasteiger charge is -2.21. The van der Waals surface area contributed by atoms with E-state index in [0.29, 0.717) is 13.1 Å². The molecule has 1 heterocycles. The third-order valence-corrected chi connectivity index (χ3v) is 5.35. The number of ether oxygens (including phenoxy) is 1. The van der Waals surface area contributed by atoms with Crippen LogP contribution in [0.4, 0.5) is 0 Å². The number of hydrogen-bond acceptors (Lipinski definition) is 5. The van der Waals surface area contributed by atoms with Crippen LogP contribution in [0.3, 0.4) is 0 Å². The van der Waals surface area contributed by atoms with Gasteiger partial charge in [-0.1, -0.05) is 24.3 Å². The topological polar surface area (TPSA) is 53.0 Å². The number of aliphatic imine (C=N–C) groups is 1. The first-order valence-corrected chi connectivity index (χ1v) is 10.5. The van der Waals surface area contributed by atoms with Crippen molar-refractivity contribution in [2.45, 2.75) is 39.6 Å². The van der Waals surface area contributed by atoms with E-state index in [0.717, 1.165) is 29.8 Å². The molecule has 2 rings (SSSR count). The van der Waals surface area contributed by atoms with Gasteiger partial charge in [0.15, 0.2) is 5.96 Å². The summed E-state index contributed by atoms with van der Waals surface area (Å²) in [5.74, 6) is 0.884. The number of benzene rings is 1. The minimum Gasteiger partial charge on any atom is -0.375 e. The minimum absolute atomic E-state index is 0.0291. The molecule has 0 radical (unpaired) electrons. The zero-order valence-corrected chi connectivity index (χ0v) is 18.7. The van der Waals surface area contributed by atoms with Crippen molar-refractivity contribution >= 4 is 17.3 Å². The third-order valence-electron chi connectivity index (χ3n) is 4.30. The second-order valence-corrected chi connectivity index (χ2v) is 8.03. The number of nitrogens with zero attached hydrogens (tertiary/aromatic N) is 4. The number of thiazole rings is 1. The van der Waals surface area contributed by atoms with Crippen molar-refractivity contribution < 1.29 is 4.74 Å². The van der Waals surface area contributed by atoms with Gasteiger partial charge in [-0.2, -0.15) is 0 Å². The summed E-state index contributed by atoms with van der Waals surface area (Å²) in [6.45, 7) is 7.24. The summed E-state index contributed by atoms with van der Waals surface area (Å²) < 4.78 is 5.35. The van der Waals surface area contributed by atoms with Crippen LogP contribution in [0.25, 0.3) is 0 Å². The van der Waals surface area contributed by atoms with Crippen LogP contribution < -0.4 is 5.32 Å². The summed E-state index contributed by atoms with van der Waals surface area (Å²) in [4.78, 5) is 13.8. The van der Waals surface area contributed by atoms with Crippen molar-refractivity contribution in [3.05, 3.63) is 51.5 Å². The minimum atomic E-state index is 0.0291. The maximum absolute atomic E-state index is 5.35. The van der Waals surface area contributed by atoms with Crippen LogP contribution in [0.2, 0.25) is 0 Å². The fraction of sp³-hybridized carbons (Fsp3) is 0.524. The van der Waals surface area contributed by atoms with E-state index >= 15 is 0 Å². The zero-order chi connectivity index (χ0) is 20.5. The Balaban J connectivity index is 2.01. The van der Waals surface area contributed by atoms with E-state index in [-0.39, 0.29) is 6.10 Å². The first-order valence-electron chi connectivity index (χ1n) is 9.62. The van der Waals surface area contributed by atoms with Crippen LogP contribution in [-0.4, -0.2) is 55.5 Å². The van der Waals surface area contributed by atoms with Gasteiger partial charge in [-0.3, -0.25) is 0 Å². The van der Waals surface area contributed by atoms with Gasteiger partial charge in [-0.15, -0.1) is 11.3 Å². The lowest BCUT2D eigenvalue weighted by molar-refractivity contribution is 0.119. The van der Waals surface area contributed by atoms with E-state index in [4.69, 9.17) is 9.73 Å². The highest BCUT2D eigenvalue weighted by Gasteiger charge is 2.12. The molecule has 28 heavy (non-hydrogen) atoms. The number of hydrogen-bond donors (Lipinski definition) is 1. The van der Waals surface area contributed by atoms with E-state index < -0.39 is 0 Å². The van der Waals surface area contributed by atoms with Crippen LogP contribution in [0.1, 0.15) is 41.8 Å². The largest absolute Gasteiger partial charge is 0.375 e. The molecule has 0 aliphatic carbocycles. The van der Waals surface area contributed by atoms with Gasteiger partial charge in [0, 0.05) is 32.6 Å². The number of nitrogens with one attached hydrogen (secondary N) is 1. The Labute approximate surface area is 173 Å². The van der Waals surface area contributed by atoms with Crippen molar-refractivity contribution in [1.29, 1.82) is 0 Å². The summed E-state index contributed by atoms with van der Waals surface area (Å²) in [5, 5.41) is 6.47. The van der Waals surface area contributed by atoms with Crippen LogP contribution >= 0.6 is 11.3 Å². The second-order valence-electron chi connectivity index (χ2n) is 7.14. The molecule has 1 unspecified atom stereocenters. The SMILES string of the molecule is CCNC(=NCc1ccc(CN(C)C)cc1)N(C)Cc1csc(C(C)OC)n1. The second kappa shape index (κ2) is 11.1. The number of guanidine groups is 1. The molecule has 6 nitrogen and oxygen atoms in total. The van der Waals surface area contributed by atoms with Crippen molar-refractivity contribution in [2.24, 2.45) is 4.99 Å². The van der Waals surface area contributed by atoms with E-state index in [1.54, 1.807) is 18.4 Å². The molecule has 1 N–H and O–H groups in total. The van der Waals surface area contributed by atoms with Gasteiger partial charge in [0.05, 0.1) is 18.8 Å². The molecular formula is C21H33N5OS. The molecule has 0 fully saturated rings. The standard InChI is InChI=1S/C21H33N5OS/c1-7-22-21(23-12-17-8-10-18(11-9-17)13-25(3)4)26(5)14-19-15-28-20(24-19)16(2)27-6/h8-11,15-16H,7,12-14H2,1-6H3,(H,22,23). The van der Waals surface area contributed by atoms with Gasteiger partial charge < -0.3 is 19.9 Å². The van der Waals surface area contributed by atoms with Crippen molar-refractivity contribution in [3.8, 4) is 0 Å². The molecule has 0 aliphatic rings. The smallest absolute Gasteiger partial charge is 0.194 e. The van der Waals surface area contributed by atoms with E-state index in [1.807, 2.05) is 14.0 Å². The number of aromatic nitrogens is 1. The van der Waals surface area contributed by atoms with Gasteiger partial charge in [0.1, 0.15) is 11.1 Å². The Morgan fingerprint density at radius 3 is 2.46 bits per heavy atom. The predicted molar refractivity (Wildman–Crippen MR) is 118 cm³/mol. The van der Waals surface area contributed by atoms with Crippen LogP contribution in [-0.2, 0) is 24.4 Å². The summed E-state index contributed by atoms with van der Waals surface area (Å²) in [5.41, 5.74) is 3.55. The van der Waals surface area contributed by atoms with E-state index in [1.165, 1.54) is 11.1 Å². The summed E-state index contributed by atoms with van der Waals surface area (Å²) in [6.07, 6.45) is 0.0291. The molecule has 2 aromatic rings. The number of methoxy groups -OCH3 is 1. The van der Waals surface area contributed by atoms with Crippen molar-refractivity contribution in [1.82, 2.24) is 20.1 Å². The Kier molecular flexibility index (Phi) is 8.89. The zero-order valence-electron chi connectivity index (χ0n) is 17.9. The lowest BCUT2D eigenvalue weighted by atomic mass is 10.1. The van der Waals surface area contributed by atoms with Gasteiger partial charge >= 0.3 is 0 Å². The summed E-state index contributed by atoms with van der Waals surface area (Å²) in [7, 11) is 7.91. The molecule has 1 atom stereocenters. The summed E-state index contributed by atoms with van der Waals surface area (Å²) >= 11 is 1.64. The molecule has 0 amide bonds. The average Bonchev–Trinajstić information content (AvgIpc) is 3.13. The molecule has 7 heteroatoms. The van der Waals surface area contributed by atoms with Crippen LogP contribution in [0.5, 0.6) is 0 Å². The van der Waals surface area contributed by atoms with Crippen molar-refractivity contribution in [2.75, 3.05) is 34.8 Å². The fourth-order valence-electron chi connectivity index (χ4n) is 2.75. The highest BCUT2D eigenvalue weighted by molar-refractivity contribution is 7.09. The molecule has 0 bridgehead atoms. The van der Waals surface area contributed by atoms with Crippen LogP contribution in [0.15, 0.2) is 34.6 Å². The molecule has 0 aliphatic heterocycles. The molecule has 1 aromatic carbocycles. The quantitative estimate of drug-likeness (QED) is 0.513. The molecule has 1 aromatic heterocycles. The molecule has 0 spiro atoms. The predicted octanol–water partition coefficient (Wildman–Crippen LogP) is 3.51. The monoisotopic (exact) mass is 403 g/mol. The molecule has 0 saturated heterocycles. The maximum Gasteiger partial charge on any atom is 0.194 e. The van der Waals surface area contributed by atoms with Gasteiger partial charge in [-0.05, 0) is 39.1 Å². The molecule has 154 valence electrons. The van der Waals surface area contributed by atoms with Crippen molar-refractivity contribution in [3.63, 3.8) is 0 Å². The first-order chi connectivity index (χ1) is 13.4. The van der Waals surface area contributed by atoms with E-state index in [9.17, 15) is 0 Å². The lowest BCUT2D eigenvalue weighted by Crippen LogP contribution is -2.38. The van der Waals surface area contributed by atoms with Gasteiger partial charge in [0.2, 0.25) is 0 Å². The normalized spacial score (nSPS) is 13.0. The highest BCUT2D eigenvalue weighted by Crippen LogP contribution is 2.21. The number of rotatable bonds is 9. The average molecular weight is 404 g/mol. The molecule has 0 saturated carbocycles. The Bertz CT molecular complexity index is 742. The Morgan fingerprint density at radius 1 is 1.18 bits per heavy atom. The Hall–Kier alpha value is -1.96. The van der Waals surface area contributed by atoms with E-state index in [2.05, 4.69) is 70.8 Å².